The van der Waals surface area contributed by atoms with E-state index >= 15 is 0 Å². The Morgan fingerprint density at radius 3 is 0.703 bits per heavy atom. The first-order valence-corrected chi connectivity index (χ1v) is 50.2. The van der Waals surface area contributed by atoms with Crippen LogP contribution in [0.2, 0.25) is 0 Å². The quantitative estimate of drug-likeness (QED) is 0.115. The van der Waals surface area contributed by atoms with E-state index in [1.165, 1.54) is 268 Å². The minimum atomic E-state index is 1.15. The van der Waals surface area contributed by atoms with Crippen LogP contribution in [0.5, 0.6) is 0 Å². The average Bonchev–Trinajstić information content (AvgIpc) is 1.54. The van der Waals surface area contributed by atoms with E-state index < -0.39 is 0 Å². The van der Waals surface area contributed by atoms with Crippen molar-refractivity contribution in [3.63, 3.8) is 0 Å². The fourth-order valence-electron chi connectivity index (χ4n) is 24.1. The van der Waals surface area contributed by atoms with Crippen LogP contribution in [0.25, 0.3) is 279 Å². The highest BCUT2D eigenvalue weighted by Crippen LogP contribution is 2.53. The maximum Gasteiger partial charge on any atom is 0.0620 e. The van der Waals surface area contributed by atoms with Gasteiger partial charge in [0.25, 0.3) is 0 Å². The Bertz CT molecular complexity index is 10200. The van der Waals surface area contributed by atoms with E-state index in [-0.39, 0.29) is 0 Å². The van der Waals surface area contributed by atoms with Gasteiger partial charge in [-0.15, -0.1) is 0 Å². The summed E-state index contributed by atoms with van der Waals surface area (Å²) in [5.41, 5.74) is 30.9. The molecule has 3 heterocycles. The molecule has 0 saturated heterocycles. The van der Waals surface area contributed by atoms with E-state index in [0.29, 0.717) is 0 Å². The minimum Gasteiger partial charge on any atom is -0.309 e. The predicted octanol–water partition coefficient (Wildman–Crippen LogP) is 39.2. The van der Waals surface area contributed by atoms with E-state index in [9.17, 15) is 0 Å². The number of aromatic nitrogens is 3. The molecule has 0 radical (unpaired) electrons. The summed E-state index contributed by atoms with van der Waals surface area (Å²) in [5.74, 6) is 0. The average molecular weight is 1840 g/mol. The molecular formula is C142H91N3. The van der Waals surface area contributed by atoms with Crippen molar-refractivity contribution in [2.75, 3.05) is 0 Å². The van der Waals surface area contributed by atoms with Crippen LogP contribution in [-0.4, -0.2) is 13.7 Å². The molecule has 3 heteroatoms. The summed E-state index contributed by atoms with van der Waals surface area (Å²) in [6, 6.07) is 202. The van der Waals surface area contributed by atoms with E-state index in [4.69, 9.17) is 0 Å². The van der Waals surface area contributed by atoms with Crippen LogP contribution in [0.15, 0.2) is 552 Å². The second-order valence-corrected chi connectivity index (χ2v) is 38.1. The molecule has 0 aliphatic rings. The van der Waals surface area contributed by atoms with Crippen LogP contribution in [0.4, 0.5) is 0 Å². The van der Waals surface area contributed by atoms with Gasteiger partial charge in [0.15, 0.2) is 0 Å². The van der Waals surface area contributed by atoms with Gasteiger partial charge in [-0.1, -0.05) is 485 Å². The third-order valence-electron chi connectivity index (χ3n) is 30.2. The fraction of sp³-hybridized carbons (Fsp3) is 0. The lowest BCUT2D eigenvalue weighted by Gasteiger charge is -2.20. The van der Waals surface area contributed by atoms with Gasteiger partial charge in [-0.05, 0) is 237 Å². The van der Waals surface area contributed by atoms with Crippen molar-refractivity contribution in [3.05, 3.63) is 552 Å². The van der Waals surface area contributed by atoms with Crippen LogP contribution in [0, 0.1) is 0 Å². The summed E-state index contributed by atoms with van der Waals surface area (Å²) in [6.45, 7) is 0. The van der Waals surface area contributed by atoms with Gasteiger partial charge in [0.1, 0.15) is 0 Å². The lowest BCUT2D eigenvalue weighted by atomic mass is 9.86. The summed E-state index contributed by atoms with van der Waals surface area (Å²) >= 11 is 0. The Kier molecular flexibility index (Phi) is 20.3. The smallest absolute Gasteiger partial charge is 0.0620 e. The first kappa shape index (κ1) is 84.0. The molecule has 30 aromatic rings. The first-order valence-electron chi connectivity index (χ1n) is 50.2. The van der Waals surface area contributed by atoms with Gasteiger partial charge in [-0.25, -0.2) is 0 Å². The topological polar surface area (TPSA) is 14.8 Å². The van der Waals surface area contributed by atoms with Crippen molar-refractivity contribution in [1.82, 2.24) is 13.7 Å². The Balaban J connectivity index is 0.000000106. The first-order chi connectivity index (χ1) is 72.0. The van der Waals surface area contributed by atoms with Crippen molar-refractivity contribution in [2.24, 2.45) is 0 Å². The molecule has 0 bridgehead atoms. The molecular weight excluding hydrogens is 1750 g/mol. The summed E-state index contributed by atoms with van der Waals surface area (Å²) in [6.07, 6.45) is 0. The molecule has 674 valence electrons. The fourth-order valence-corrected chi connectivity index (χ4v) is 24.1. The SMILES string of the molecule is c1ccc(-c2c3ccccc3c(-c3ccc(-n4c5ccccc5c5cc(-c6ccccc6)c6ccccc6c54)cc3)c3ccccc23)cc1.c1ccc(-c2c3ccccc3c(-c3cccc(-n4c5ccccc5c5cc(-c6ccccc6)c6ccccc6c54)c3)c3ccccc23)cc1.c1ccc(-c2cc3c4ccccc4n(-c4c5ccccc5c(-c5ccc6ccccc6c5)c5ccccc45)c3c3ccccc23)cc1. The largest absolute Gasteiger partial charge is 0.309 e. The van der Waals surface area contributed by atoms with Crippen LogP contribution >= 0.6 is 0 Å². The number of hydrogen-bond acceptors (Lipinski definition) is 0. The van der Waals surface area contributed by atoms with E-state index in [0.717, 1.165) is 11.4 Å². The standard InChI is InChI=1S/2C48H31N.C46H29N/c1-3-16-32(17-4-1)43-31-44-37-23-13-14-29-45(37)49(48(44)42-28-12-7-22-36(42)43)35-21-15-20-34(30-35)47-40-26-10-8-24-38(40)46(33-18-5-2-6-19-33)39-25-9-11-27-41(39)47;1-3-15-32(16-4-1)43-31-44-37-20-13-14-26-45(37)49(48(44)42-25-12-7-19-36(42)43)35-29-27-34(28-30-35)47-40-23-10-8-21-38(40)46(33-17-5-2-6-18-33)39-22-9-11-24-41(39)47;1-2-15-31(16-3-1)41-29-42-35-19-12-13-25-43(35)47(46(42)38-22-9-6-18-34(38)41)45-39-23-10-7-20-36(39)44(37-21-8-11-24-40(37)45)33-27-26-30-14-4-5-17-32(30)28-33/h2*1-31H;1-29H. The lowest BCUT2D eigenvalue weighted by Crippen LogP contribution is -1.99. The Morgan fingerprint density at radius 2 is 0.345 bits per heavy atom. The summed E-state index contributed by atoms with van der Waals surface area (Å²) < 4.78 is 7.49. The Labute approximate surface area is 838 Å². The van der Waals surface area contributed by atoms with Gasteiger partial charge in [0, 0.05) is 70.6 Å². The van der Waals surface area contributed by atoms with E-state index in [1.807, 2.05) is 0 Å². The van der Waals surface area contributed by atoms with Crippen LogP contribution in [-0.2, 0) is 0 Å². The van der Waals surface area contributed by atoms with E-state index in [1.54, 1.807) is 0 Å². The van der Waals surface area contributed by atoms with Crippen LogP contribution in [0.3, 0.4) is 0 Å². The summed E-state index contributed by atoms with van der Waals surface area (Å²) in [4.78, 5) is 0. The number of rotatable bonds is 11. The maximum absolute atomic E-state index is 2.55. The number of para-hydroxylation sites is 3. The van der Waals surface area contributed by atoms with Crippen molar-refractivity contribution in [3.8, 4) is 106 Å². The van der Waals surface area contributed by atoms with E-state index in [2.05, 4.69) is 566 Å². The maximum atomic E-state index is 2.55. The zero-order valence-corrected chi connectivity index (χ0v) is 79.4. The molecule has 0 aliphatic heterocycles. The lowest BCUT2D eigenvalue weighted by molar-refractivity contribution is 1.19. The summed E-state index contributed by atoms with van der Waals surface area (Å²) in [5, 5.41) is 32.8. The summed E-state index contributed by atoms with van der Waals surface area (Å²) in [7, 11) is 0. The number of fused-ring (bicyclic) bond motifs is 22. The highest BCUT2D eigenvalue weighted by molar-refractivity contribution is 6.30. The molecule has 3 nitrogen and oxygen atoms in total. The van der Waals surface area contributed by atoms with Crippen LogP contribution < -0.4 is 0 Å². The van der Waals surface area contributed by atoms with Crippen LogP contribution in [0.1, 0.15) is 0 Å². The molecule has 0 atom stereocenters. The monoisotopic (exact) mass is 1840 g/mol. The Hall–Kier alpha value is -19.1. The second-order valence-electron chi connectivity index (χ2n) is 38.1. The number of nitrogens with zero attached hydrogens (tertiary/aromatic N) is 3. The molecule has 0 spiro atoms. The molecule has 30 rings (SSSR count). The highest BCUT2D eigenvalue weighted by Gasteiger charge is 2.28. The van der Waals surface area contributed by atoms with Crippen molar-refractivity contribution in [2.45, 2.75) is 0 Å². The number of benzene rings is 27. The Morgan fingerprint density at radius 1 is 0.110 bits per heavy atom. The normalized spacial score (nSPS) is 11.7. The minimum absolute atomic E-state index is 1.15. The van der Waals surface area contributed by atoms with Gasteiger partial charge in [0.05, 0.1) is 38.8 Å². The second kappa shape index (κ2) is 35.1. The van der Waals surface area contributed by atoms with Gasteiger partial charge in [0.2, 0.25) is 0 Å². The molecule has 0 N–H and O–H groups in total. The molecule has 0 saturated carbocycles. The van der Waals surface area contributed by atoms with Crippen molar-refractivity contribution in [1.29, 1.82) is 0 Å². The molecule has 0 amide bonds. The molecule has 3 aromatic heterocycles. The molecule has 145 heavy (non-hydrogen) atoms. The van der Waals surface area contributed by atoms with Gasteiger partial charge in [-0.3, -0.25) is 0 Å². The predicted molar refractivity (Wildman–Crippen MR) is 621 cm³/mol. The highest BCUT2D eigenvalue weighted by atomic mass is 15.0. The van der Waals surface area contributed by atoms with Gasteiger partial charge >= 0.3 is 0 Å². The third kappa shape index (κ3) is 13.9. The molecule has 0 fully saturated rings. The molecule has 0 unspecified atom stereocenters. The zero-order chi connectivity index (χ0) is 95.5. The molecule has 27 aromatic carbocycles. The third-order valence-corrected chi connectivity index (χ3v) is 30.2. The number of hydrogen-bond donors (Lipinski definition) is 0. The molecule has 0 aliphatic carbocycles. The zero-order valence-electron chi connectivity index (χ0n) is 79.4. The van der Waals surface area contributed by atoms with Crippen molar-refractivity contribution >= 4 is 173 Å². The van der Waals surface area contributed by atoms with Gasteiger partial charge in [-0.2, -0.15) is 0 Å². The van der Waals surface area contributed by atoms with Gasteiger partial charge < -0.3 is 13.7 Å². The van der Waals surface area contributed by atoms with Crippen molar-refractivity contribution < 1.29 is 0 Å².